The van der Waals surface area contributed by atoms with Crippen LogP contribution in [0.5, 0.6) is 0 Å². The molecule has 9 rings (SSSR count). The molecule has 1 N–H and O–H groups in total. The van der Waals surface area contributed by atoms with Crippen LogP contribution in [0, 0.1) is 63.6 Å². The summed E-state index contributed by atoms with van der Waals surface area (Å²) in [5.74, 6) is 3.39. The number of aromatic nitrogens is 1. The molecule has 4 bridgehead atoms. The number of ether oxygens (including phenoxy) is 2. The summed E-state index contributed by atoms with van der Waals surface area (Å²) >= 11 is 0. The molecular weight excluding hydrogens is 635 g/mol. The van der Waals surface area contributed by atoms with E-state index in [0.717, 1.165) is 58.5 Å². The molecular formula is C44H67N3O4. The van der Waals surface area contributed by atoms with Gasteiger partial charge in [0.05, 0.1) is 30.3 Å². The van der Waals surface area contributed by atoms with Crippen molar-refractivity contribution < 1.29 is 19.4 Å². The number of carboxylic acids is 1. The normalized spacial score (nSPS) is 45.2. The van der Waals surface area contributed by atoms with Gasteiger partial charge in [0.1, 0.15) is 0 Å². The van der Waals surface area contributed by atoms with Crippen LogP contribution in [0.2, 0.25) is 0 Å². The van der Waals surface area contributed by atoms with E-state index in [0.29, 0.717) is 41.4 Å². The van der Waals surface area contributed by atoms with Gasteiger partial charge >= 0.3 is 5.97 Å². The molecule has 7 nitrogen and oxygen atoms in total. The molecule has 0 aromatic carbocycles. The summed E-state index contributed by atoms with van der Waals surface area (Å²) in [5.41, 5.74) is -0.0264. The third kappa shape index (κ3) is 5.38. The lowest BCUT2D eigenvalue weighted by molar-refractivity contribution is -0.225. The van der Waals surface area contributed by atoms with Crippen molar-refractivity contribution in [3.05, 3.63) is 30.1 Å². The summed E-state index contributed by atoms with van der Waals surface area (Å²) in [7, 11) is 0. The largest absolute Gasteiger partial charge is 0.481 e. The average Bonchev–Trinajstić information content (AvgIpc) is 3.67. The predicted octanol–water partition coefficient (Wildman–Crippen LogP) is 7.93. The summed E-state index contributed by atoms with van der Waals surface area (Å²) in [4.78, 5) is 24.5. The van der Waals surface area contributed by atoms with Crippen molar-refractivity contribution >= 4 is 5.97 Å². The third-order valence-corrected chi connectivity index (χ3v) is 17.2. The monoisotopic (exact) mass is 702 g/mol. The van der Waals surface area contributed by atoms with Crippen LogP contribution in [0.25, 0.3) is 0 Å². The van der Waals surface area contributed by atoms with Gasteiger partial charge in [-0.15, -0.1) is 0 Å². The molecule has 51 heavy (non-hydrogen) atoms. The average molecular weight is 702 g/mol. The highest BCUT2D eigenvalue weighted by Gasteiger charge is 2.90. The van der Waals surface area contributed by atoms with Crippen molar-refractivity contribution in [2.45, 2.75) is 136 Å². The van der Waals surface area contributed by atoms with E-state index in [1.165, 1.54) is 82.9 Å². The zero-order valence-electron chi connectivity index (χ0n) is 32.0. The maximum absolute atomic E-state index is 14.6. The summed E-state index contributed by atoms with van der Waals surface area (Å²) in [6.45, 7) is 14.3. The highest BCUT2D eigenvalue weighted by molar-refractivity contribution is 5.81. The molecule has 5 aliphatic carbocycles. The number of hydrogen-bond acceptors (Lipinski definition) is 6. The van der Waals surface area contributed by atoms with E-state index < -0.39 is 11.4 Å². The predicted molar refractivity (Wildman–Crippen MR) is 199 cm³/mol. The lowest BCUT2D eigenvalue weighted by atomic mass is 9.39. The first-order chi connectivity index (χ1) is 24.8. The Kier molecular flexibility index (Phi) is 9.41. The number of likely N-dealkylation sites (tertiary alicyclic amines) is 1. The number of piperidine rings is 1. The molecule has 0 amide bonds. The zero-order valence-corrected chi connectivity index (χ0v) is 32.0. The van der Waals surface area contributed by atoms with Crippen LogP contribution >= 0.6 is 0 Å². The SMILES string of the molecule is CC(C)C1CC2CC3(C4CO4)[C@@H]4CCC(C)[C@H]4CC2(C2CC(C4CCCCC4)C(CN(CCN4CCCCC4)Cc4cccnc4)O2)[C@]13C(=O)O. The van der Waals surface area contributed by atoms with Gasteiger partial charge in [0, 0.05) is 49.4 Å². The Hall–Kier alpha value is -1.54. The number of epoxide rings is 1. The van der Waals surface area contributed by atoms with E-state index in [-0.39, 0.29) is 35.1 Å². The highest BCUT2D eigenvalue weighted by Crippen LogP contribution is 2.88. The van der Waals surface area contributed by atoms with Crippen molar-refractivity contribution in [1.82, 2.24) is 14.8 Å². The Bertz CT molecular complexity index is 1390. The molecule has 9 unspecified atom stereocenters. The maximum Gasteiger partial charge on any atom is 0.311 e. The Morgan fingerprint density at radius 3 is 2.49 bits per heavy atom. The Morgan fingerprint density at radius 1 is 1.00 bits per heavy atom. The molecule has 4 heterocycles. The summed E-state index contributed by atoms with van der Waals surface area (Å²) in [5, 5.41) is 12.0. The number of pyridine rings is 1. The quantitative estimate of drug-likeness (QED) is 0.222. The third-order valence-electron chi connectivity index (χ3n) is 17.2. The van der Waals surface area contributed by atoms with E-state index in [4.69, 9.17) is 9.47 Å². The lowest BCUT2D eigenvalue weighted by Crippen LogP contribution is -2.67. The standard InChI is InChI=1S/C44H67N3O4/c1-29(2)37-21-33-23-43(40-28-50-40)36-15-14-30(3)35(36)24-42(33,44(37,43)41(48)49)39-22-34(32-12-6-4-7-13-32)38(51-39)27-47(26-31-11-10-16-45-25-31)20-19-46-17-8-5-9-18-46/h10-11,16,25,29-30,32-40H,4-9,12-15,17-24,26-28H2,1-3H3,(H,48,49)/t30?,33?,34?,35-,36-,37?,38?,39?,40?,42?,43?,44-/m1/s1. The zero-order chi connectivity index (χ0) is 35.0. The second-order valence-electron chi connectivity index (χ2n) is 19.5. The van der Waals surface area contributed by atoms with Crippen LogP contribution in [0.1, 0.15) is 116 Å². The minimum absolute atomic E-state index is 0.0241. The smallest absolute Gasteiger partial charge is 0.311 e. The molecule has 12 atom stereocenters. The fourth-order valence-corrected chi connectivity index (χ4v) is 15.4. The second kappa shape index (κ2) is 13.6. The Labute approximate surface area is 308 Å². The molecule has 282 valence electrons. The minimum Gasteiger partial charge on any atom is -0.481 e. The highest BCUT2D eigenvalue weighted by atomic mass is 16.6. The molecule has 8 aliphatic rings. The van der Waals surface area contributed by atoms with Gasteiger partial charge < -0.3 is 19.5 Å². The van der Waals surface area contributed by atoms with Gasteiger partial charge in [0.15, 0.2) is 0 Å². The molecule has 0 radical (unpaired) electrons. The number of carbonyl (C=O) groups is 1. The Balaban J connectivity index is 1.09. The number of rotatable bonds is 12. The number of fused-ring (bicyclic) bond motifs is 2. The van der Waals surface area contributed by atoms with Crippen molar-refractivity contribution in [1.29, 1.82) is 0 Å². The lowest BCUT2D eigenvalue weighted by Gasteiger charge is -2.62. The molecule has 5 saturated carbocycles. The first-order valence-corrected chi connectivity index (χ1v) is 21.6. The topological polar surface area (TPSA) is 78.4 Å². The van der Waals surface area contributed by atoms with Crippen LogP contribution in [-0.4, -0.2) is 83.5 Å². The van der Waals surface area contributed by atoms with Crippen molar-refractivity contribution in [2.75, 3.05) is 39.3 Å². The van der Waals surface area contributed by atoms with E-state index in [1.807, 2.05) is 12.4 Å². The fraction of sp³-hybridized carbons (Fsp3) is 0.864. The van der Waals surface area contributed by atoms with Crippen molar-refractivity contribution in [3.8, 4) is 0 Å². The molecule has 7 heteroatoms. The van der Waals surface area contributed by atoms with Crippen LogP contribution < -0.4 is 0 Å². The minimum atomic E-state index is -0.758. The van der Waals surface area contributed by atoms with Gasteiger partial charge in [0.25, 0.3) is 0 Å². The van der Waals surface area contributed by atoms with Gasteiger partial charge in [-0.25, -0.2) is 0 Å². The molecule has 0 spiro atoms. The molecule has 8 fully saturated rings. The summed E-state index contributed by atoms with van der Waals surface area (Å²) < 4.78 is 14.2. The molecule has 1 aromatic heterocycles. The molecule has 3 saturated heterocycles. The van der Waals surface area contributed by atoms with Gasteiger partial charge in [0.2, 0.25) is 0 Å². The number of carboxylic acid groups (broad SMARTS) is 1. The van der Waals surface area contributed by atoms with E-state index in [9.17, 15) is 9.90 Å². The van der Waals surface area contributed by atoms with Gasteiger partial charge in [-0.3, -0.25) is 14.7 Å². The second-order valence-corrected chi connectivity index (χ2v) is 19.5. The number of hydrogen-bond donors (Lipinski definition) is 1. The van der Waals surface area contributed by atoms with Gasteiger partial charge in [-0.05, 0) is 117 Å². The first kappa shape index (κ1) is 35.2. The summed E-state index contributed by atoms with van der Waals surface area (Å²) in [6, 6.07) is 4.31. The molecule has 3 aliphatic heterocycles. The number of aliphatic carboxylic acids is 1. The maximum atomic E-state index is 14.6. The molecule has 1 aromatic rings. The van der Waals surface area contributed by atoms with E-state index in [2.05, 4.69) is 47.7 Å². The van der Waals surface area contributed by atoms with Crippen molar-refractivity contribution in [3.63, 3.8) is 0 Å². The van der Waals surface area contributed by atoms with Crippen molar-refractivity contribution in [2.24, 2.45) is 63.6 Å². The van der Waals surface area contributed by atoms with Crippen LogP contribution in [0.3, 0.4) is 0 Å². The van der Waals surface area contributed by atoms with Gasteiger partial charge in [-0.1, -0.05) is 71.8 Å². The number of nitrogens with zero attached hydrogens (tertiary/aromatic N) is 3. The van der Waals surface area contributed by atoms with Crippen LogP contribution in [-0.2, 0) is 20.8 Å². The summed E-state index contributed by atoms with van der Waals surface area (Å²) in [6.07, 6.45) is 21.5. The van der Waals surface area contributed by atoms with E-state index in [1.54, 1.807) is 0 Å². The first-order valence-electron chi connectivity index (χ1n) is 21.6. The van der Waals surface area contributed by atoms with Crippen LogP contribution in [0.15, 0.2) is 24.5 Å². The van der Waals surface area contributed by atoms with E-state index >= 15 is 0 Å². The Morgan fingerprint density at radius 2 is 1.78 bits per heavy atom. The van der Waals surface area contributed by atoms with Crippen LogP contribution in [0.4, 0.5) is 0 Å². The van der Waals surface area contributed by atoms with Gasteiger partial charge in [-0.2, -0.15) is 0 Å². The fourth-order valence-electron chi connectivity index (χ4n) is 15.4.